The van der Waals surface area contributed by atoms with E-state index in [9.17, 15) is 10.1 Å². The Hall–Kier alpha value is -2.34. The Bertz CT molecular complexity index is 896. The summed E-state index contributed by atoms with van der Waals surface area (Å²) < 4.78 is 6.90. The van der Waals surface area contributed by atoms with Crippen molar-refractivity contribution in [3.05, 3.63) is 56.7 Å². The van der Waals surface area contributed by atoms with Crippen LogP contribution >= 0.6 is 11.6 Å². The number of nitrogens with one attached hydrogen (secondary N) is 1. The van der Waals surface area contributed by atoms with Gasteiger partial charge in [0.25, 0.3) is 6.54 Å². The second kappa shape index (κ2) is 6.88. The predicted octanol–water partition coefficient (Wildman–Crippen LogP) is 3.97. The summed E-state index contributed by atoms with van der Waals surface area (Å²) in [6.45, 7) is 4.09. The lowest BCUT2D eigenvalue weighted by molar-refractivity contribution is -0.549. The first-order valence-electron chi connectivity index (χ1n) is 8.20. The van der Waals surface area contributed by atoms with Crippen LogP contribution in [0.25, 0.3) is 10.9 Å². The minimum Gasteiger partial charge on any atom is -0.616 e. The van der Waals surface area contributed by atoms with Crippen LogP contribution < -0.4 is 0 Å². The van der Waals surface area contributed by atoms with Crippen molar-refractivity contribution in [2.75, 3.05) is 13.7 Å². The molecule has 1 aromatic heterocycles. The molecule has 1 aliphatic rings. The molecular formula is C18H21ClN3O3+. The second-order valence-electron chi connectivity index (χ2n) is 6.63. The number of aromatic amines is 1. The van der Waals surface area contributed by atoms with Gasteiger partial charge in [0.1, 0.15) is 0 Å². The predicted molar refractivity (Wildman–Crippen MR) is 97.6 cm³/mol. The number of hydrogen-bond acceptors (Lipinski definition) is 3. The number of allylic oxidation sites excluding steroid dienone is 1. The van der Waals surface area contributed by atoms with Crippen LogP contribution in [0.5, 0.6) is 0 Å². The number of halogens is 1. The van der Waals surface area contributed by atoms with Gasteiger partial charge in [-0.15, -0.1) is 4.74 Å². The molecule has 2 heterocycles. The Balaban J connectivity index is 2.03. The fourth-order valence-electron chi connectivity index (χ4n) is 3.15. The highest BCUT2D eigenvalue weighted by Crippen LogP contribution is 2.27. The third-order valence-corrected chi connectivity index (χ3v) is 4.51. The number of methoxy groups -OCH3 is 1. The molecule has 0 fully saturated rings. The number of aromatic nitrogens is 1. The van der Waals surface area contributed by atoms with Crippen molar-refractivity contribution >= 4 is 28.2 Å². The summed E-state index contributed by atoms with van der Waals surface area (Å²) in [5.74, 6) is 0.351. The number of fused-ring (bicyclic) bond motifs is 1. The van der Waals surface area contributed by atoms with E-state index in [-0.39, 0.29) is 18.3 Å². The molecule has 7 heteroatoms. The second-order valence-corrected chi connectivity index (χ2v) is 7.07. The van der Waals surface area contributed by atoms with Gasteiger partial charge in [-0.2, -0.15) is 0 Å². The van der Waals surface area contributed by atoms with Gasteiger partial charge in [0.05, 0.1) is 18.3 Å². The van der Waals surface area contributed by atoms with Crippen molar-refractivity contribution in [2.45, 2.75) is 26.7 Å². The van der Waals surface area contributed by atoms with Gasteiger partial charge < -0.3 is 14.9 Å². The summed E-state index contributed by atoms with van der Waals surface area (Å²) in [7, 11) is 1.42. The number of hydroxylamine groups is 1. The molecule has 0 atom stereocenters. The van der Waals surface area contributed by atoms with Gasteiger partial charge >= 0.3 is 11.6 Å². The van der Waals surface area contributed by atoms with Crippen LogP contribution in [-0.2, 0) is 11.2 Å². The lowest BCUT2D eigenvalue weighted by atomic mass is 10.0. The molecule has 6 nitrogen and oxygen atoms in total. The zero-order chi connectivity index (χ0) is 18.1. The number of nitrogens with zero attached hydrogens (tertiary/aromatic N) is 2. The number of nitroso groups, excluding NO2 is 1. The molecule has 0 unspecified atom stereocenters. The van der Waals surface area contributed by atoms with Crippen LogP contribution in [0, 0.1) is 16.0 Å². The van der Waals surface area contributed by atoms with E-state index in [1.54, 1.807) is 6.07 Å². The third kappa shape index (κ3) is 3.39. The molecule has 0 saturated heterocycles. The molecule has 1 aromatic carbocycles. The van der Waals surface area contributed by atoms with Gasteiger partial charge in [-0.25, -0.2) is 0 Å². The fourth-order valence-corrected chi connectivity index (χ4v) is 3.33. The Morgan fingerprint density at radius 3 is 2.84 bits per heavy atom. The maximum absolute atomic E-state index is 12.6. The summed E-state index contributed by atoms with van der Waals surface area (Å²) in [5.41, 5.74) is 2.67. The van der Waals surface area contributed by atoms with Crippen molar-refractivity contribution in [3.63, 3.8) is 0 Å². The molecule has 1 aliphatic heterocycles. The molecular weight excluding hydrogens is 342 g/mol. The molecule has 0 radical (unpaired) electrons. The summed E-state index contributed by atoms with van der Waals surface area (Å²) in [6, 6.07) is 5.53. The van der Waals surface area contributed by atoms with E-state index in [4.69, 9.17) is 16.3 Å². The SMILES string of the molecule is COC1=C(Cc2c[nH]c3ccc(Cl)cc23)[N+](=O)CC(CC(C)C)=[N+]1[O-]. The Morgan fingerprint density at radius 1 is 1.40 bits per heavy atom. The number of ether oxygens (including phenoxy) is 1. The highest BCUT2D eigenvalue weighted by molar-refractivity contribution is 6.31. The number of H-pyrrole nitrogens is 1. The molecule has 0 saturated carbocycles. The molecule has 0 amide bonds. The van der Waals surface area contributed by atoms with E-state index >= 15 is 0 Å². The zero-order valence-electron chi connectivity index (χ0n) is 14.5. The average molecular weight is 363 g/mol. The summed E-state index contributed by atoms with van der Waals surface area (Å²) in [6.07, 6.45) is 2.68. The van der Waals surface area contributed by atoms with Gasteiger partial charge in [0.15, 0.2) is 0 Å². The van der Waals surface area contributed by atoms with Gasteiger partial charge in [0, 0.05) is 33.5 Å². The maximum atomic E-state index is 12.6. The summed E-state index contributed by atoms with van der Waals surface area (Å²) in [5, 5.41) is 14.1. The van der Waals surface area contributed by atoms with Crippen molar-refractivity contribution in [3.8, 4) is 0 Å². The van der Waals surface area contributed by atoms with Crippen molar-refractivity contribution < 1.29 is 14.2 Å². The van der Waals surface area contributed by atoms with Crippen molar-refractivity contribution in [2.24, 2.45) is 5.92 Å². The van der Waals surface area contributed by atoms with Crippen LogP contribution in [-0.4, -0.2) is 33.8 Å². The number of rotatable bonds is 5. The normalized spacial score (nSPS) is 15.6. The largest absolute Gasteiger partial charge is 0.616 e. The van der Waals surface area contributed by atoms with Crippen molar-refractivity contribution in [1.82, 2.24) is 4.98 Å². The number of hydrogen-bond donors (Lipinski definition) is 1. The van der Waals surface area contributed by atoms with Crippen molar-refractivity contribution in [1.29, 1.82) is 0 Å². The van der Waals surface area contributed by atoms with Crippen LogP contribution in [0.3, 0.4) is 0 Å². The van der Waals surface area contributed by atoms with Crippen LogP contribution in [0.15, 0.2) is 36.0 Å². The highest BCUT2D eigenvalue weighted by atomic mass is 35.5. The van der Waals surface area contributed by atoms with E-state index in [1.807, 2.05) is 32.2 Å². The molecule has 132 valence electrons. The first-order chi connectivity index (χ1) is 11.9. The Kier molecular flexibility index (Phi) is 4.81. The van der Waals surface area contributed by atoms with E-state index in [2.05, 4.69) is 4.98 Å². The standard InChI is InChI=1S/C18H21ClN3O3/c1-11(2)6-14-10-21(23)17(18(25-3)22(14)24)7-12-9-20-16-5-4-13(19)8-15(12)16/h4-5,8-9,11,20H,6-7,10H2,1-3H3/q+1. The van der Waals surface area contributed by atoms with E-state index < -0.39 is 0 Å². The van der Waals surface area contributed by atoms with Gasteiger partial charge in [-0.3, -0.25) is 0 Å². The fraction of sp³-hybridized carbons (Fsp3) is 0.389. The maximum Gasteiger partial charge on any atom is 0.453 e. The molecule has 2 aromatic rings. The summed E-state index contributed by atoms with van der Waals surface area (Å²) >= 11 is 6.08. The van der Waals surface area contributed by atoms with Crippen LogP contribution in [0.4, 0.5) is 0 Å². The smallest absolute Gasteiger partial charge is 0.453 e. The average Bonchev–Trinajstić information content (AvgIpc) is 2.94. The lowest BCUT2D eigenvalue weighted by Gasteiger charge is -2.15. The molecule has 25 heavy (non-hydrogen) atoms. The first kappa shape index (κ1) is 17.5. The molecule has 0 bridgehead atoms. The topological polar surface area (TPSA) is 71.2 Å². The number of benzene rings is 1. The first-order valence-corrected chi connectivity index (χ1v) is 8.57. The van der Waals surface area contributed by atoms with Gasteiger partial charge in [-0.1, -0.05) is 25.4 Å². The highest BCUT2D eigenvalue weighted by Gasteiger charge is 2.40. The van der Waals surface area contributed by atoms with Crippen LogP contribution in [0.1, 0.15) is 25.8 Å². The molecule has 0 spiro atoms. The molecule has 1 N–H and O–H groups in total. The Morgan fingerprint density at radius 2 is 2.16 bits per heavy atom. The monoisotopic (exact) mass is 362 g/mol. The molecule has 3 rings (SSSR count). The Labute approximate surface area is 150 Å². The molecule has 0 aliphatic carbocycles. The van der Waals surface area contributed by atoms with E-state index in [1.165, 1.54) is 7.11 Å². The quantitative estimate of drug-likeness (QED) is 0.646. The zero-order valence-corrected chi connectivity index (χ0v) is 15.3. The van der Waals surface area contributed by atoms with E-state index in [0.29, 0.717) is 29.3 Å². The lowest BCUT2D eigenvalue weighted by Crippen LogP contribution is -2.35. The summed E-state index contributed by atoms with van der Waals surface area (Å²) in [4.78, 5) is 15.7. The third-order valence-electron chi connectivity index (χ3n) is 4.27. The minimum atomic E-state index is 0.0625. The van der Waals surface area contributed by atoms with Gasteiger partial charge in [-0.05, 0) is 29.7 Å². The minimum absolute atomic E-state index is 0.0625. The van der Waals surface area contributed by atoms with Gasteiger partial charge in [0.2, 0.25) is 5.71 Å². The van der Waals surface area contributed by atoms with Crippen LogP contribution in [0.2, 0.25) is 5.02 Å². The van der Waals surface area contributed by atoms with E-state index in [0.717, 1.165) is 26.0 Å².